The van der Waals surface area contributed by atoms with Gasteiger partial charge in [-0.25, -0.2) is 0 Å². The Kier molecular flexibility index (Phi) is 9.28. The average Bonchev–Trinajstić information content (AvgIpc) is 1.95. The standard InChI is InChI=1S/C12H23NO4.BrH/c1-9(2)6-12(16)17-10(7-11(14)15)8-13(3,4)5;/h9-10H,6-8H2,1-5H3;1H. The lowest BCUT2D eigenvalue weighted by Gasteiger charge is -2.28. The first-order chi connectivity index (χ1) is 7.60. The number of halogens is 1. The van der Waals surface area contributed by atoms with Crippen molar-refractivity contribution in [2.45, 2.75) is 32.8 Å². The number of likely N-dealkylation sites (N-methyl/N-ethyl adjacent to an activating group) is 1. The first-order valence-electron chi connectivity index (χ1n) is 5.82. The maximum atomic E-state index is 11.5. The van der Waals surface area contributed by atoms with Gasteiger partial charge in [0.1, 0.15) is 6.54 Å². The Bertz CT molecular complexity index is 274. The van der Waals surface area contributed by atoms with E-state index in [9.17, 15) is 9.59 Å². The number of carboxylic acids is 1. The summed E-state index contributed by atoms with van der Waals surface area (Å²) < 4.78 is 5.78. The third-order valence-electron chi connectivity index (χ3n) is 2.03. The highest BCUT2D eigenvalue weighted by Gasteiger charge is 2.24. The van der Waals surface area contributed by atoms with Gasteiger partial charge >= 0.3 is 11.9 Å². The van der Waals surface area contributed by atoms with Crippen LogP contribution in [0.1, 0.15) is 26.7 Å². The highest BCUT2D eigenvalue weighted by molar-refractivity contribution is 5.71. The molecule has 0 aromatic carbocycles. The number of ether oxygens (including phenoxy) is 1. The summed E-state index contributed by atoms with van der Waals surface area (Å²) in [5, 5.41) is 8.78. The predicted octanol–water partition coefficient (Wildman–Crippen LogP) is -1.87. The van der Waals surface area contributed by atoms with E-state index in [4.69, 9.17) is 9.84 Å². The Balaban J connectivity index is 0. The zero-order valence-electron chi connectivity index (χ0n) is 11.8. The van der Waals surface area contributed by atoms with Crippen molar-refractivity contribution >= 4 is 11.9 Å². The van der Waals surface area contributed by atoms with Crippen molar-refractivity contribution in [2.24, 2.45) is 5.92 Å². The molecule has 108 valence electrons. The van der Waals surface area contributed by atoms with Gasteiger partial charge in [0.15, 0.2) is 6.10 Å². The monoisotopic (exact) mass is 325 g/mol. The number of nitrogens with zero attached hydrogens (tertiary/aromatic N) is 1. The van der Waals surface area contributed by atoms with Crippen LogP contribution in [0.3, 0.4) is 0 Å². The van der Waals surface area contributed by atoms with Gasteiger partial charge in [-0.15, -0.1) is 0 Å². The number of aliphatic carboxylic acids is 1. The van der Waals surface area contributed by atoms with Gasteiger partial charge in [0.2, 0.25) is 0 Å². The van der Waals surface area contributed by atoms with Gasteiger partial charge in [-0.2, -0.15) is 0 Å². The van der Waals surface area contributed by atoms with Crippen molar-refractivity contribution in [1.82, 2.24) is 0 Å². The fourth-order valence-corrected chi connectivity index (χ4v) is 1.52. The molecule has 1 atom stereocenters. The number of hydrogen-bond acceptors (Lipinski definition) is 3. The zero-order valence-corrected chi connectivity index (χ0v) is 13.4. The molecule has 6 heteroatoms. The molecule has 0 spiro atoms. The molecule has 0 saturated carbocycles. The number of hydrogen-bond donors (Lipinski definition) is 1. The van der Waals surface area contributed by atoms with Crippen molar-refractivity contribution < 1.29 is 40.9 Å². The van der Waals surface area contributed by atoms with Crippen molar-refractivity contribution in [3.63, 3.8) is 0 Å². The number of esters is 1. The molecule has 0 heterocycles. The van der Waals surface area contributed by atoms with Gasteiger partial charge in [-0.1, -0.05) is 13.8 Å². The van der Waals surface area contributed by atoms with Crippen LogP contribution in [0.15, 0.2) is 0 Å². The molecule has 0 aromatic heterocycles. The molecule has 18 heavy (non-hydrogen) atoms. The molecule has 0 amide bonds. The summed E-state index contributed by atoms with van der Waals surface area (Å²) in [5.41, 5.74) is 0. The zero-order chi connectivity index (χ0) is 13.6. The molecule has 0 bridgehead atoms. The second-order valence-electron chi connectivity index (χ2n) is 5.78. The lowest BCUT2D eigenvalue weighted by atomic mass is 10.1. The lowest BCUT2D eigenvalue weighted by Crippen LogP contribution is -3.00. The Morgan fingerprint density at radius 3 is 2.00 bits per heavy atom. The Labute approximate surface area is 119 Å². The van der Waals surface area contributed by atoms with E-state index >= 15 is 0 Å². The van der Waals surface area contributed by atoms with Crippen molar-refractivity contribution in [3.8, 4) is 0 Å². The van der Waals surface area contributed by atoms with E-state index < -0.39 is 12.1 Å². The maximum Gasteiger partial charge on any atom is 0.307 e. The molecule has 0 aliphatic heterocycles. The summed E-state index contributed by atoms with van der Waals surface area (Å²) in [7, 11) is 5.81. The van der Waals surface area contributed by atoms with E-state index in [1.165, 1.54) is 0 Å². The number of carbonyl (C=O) groups excluding carboxylic acids is 1. The van der Waals surface area contributed by atoms with E-state index in [2.05, 4.69) is 0 Å². The molecule has 1 unspecified atom stereocenters. The van der Waals surface area contributed by atoms with Crippen molar-refractivity contribution in [1.29, 1.82) is 0 Å². The molecule has 0 aliphatic carbocycles. The number of rotatable bonds is 7. The second-order valence-corrected chi connectivity index (χ2v) is 5.78. The van der Waals surface area contributed by atoms with E-state index in [-0.39, 0.29) is 35.3 Å². The van der Waals surface area contributed by atoms with Crippen molar-refractivity contribution in [2.75, 3.05) is 27.7 Å². The van der Waals surface area contributed by atoms with Crippen LogP contribution in [0.25, 0.3) is 0 Å². The van der Waals surface area contributed by atoms with E-state index in [0.29, 0.717) is 17.4 Å². The summed E-state index contributed by atoms with van der Waals surface area (Å²) in [6.07, 6.45) is -0.370. The lowest BCUT2D eigenvalue weighted by molar-refractivity contribution is -0.873. The predicted molar refractivity (Wildman–Crippen MR) is 64.5 cm³/mol. The minimum atomic E-state index is -0.944. The van der Waals surface area contributed by atoms with Gasteiger partial charge < -0.3 is 31.3 Å². The van der Waals surface area contributed by atoms with Crippen LogP contribution in [0, 0.1) is 5.92 Å². The second kappa shape index (κ2) is 8.48. The molecule has 0 radical (unpaired) electrons. The minimum absolute atomic E-state index is 0. The molecule has 0 fully saturated rings. The summed E-state index contributed by atoms with van der Waals surface area (Å²) in [4.78, 5) is 22.2. The Hall–Kier alpha value is -0.620. The van der Waals surface area contributed by atoms with Gasteiger partial charge in [0.05, 0.1) is 27.6 Å². The smallest absolute Gasteiger partial charge is 0.307 e. The largest absolute Gasteiger partial charge is 1.00 e. The molecular formula is C12H24BrNO4. The third-order valence-corrected chi connectivity index (χ3v) is 2.03. The first-order valence-corrected chi connectivity index (χ1v) is 5.82. The number of carboxylic acid groups (broad SMARTS) is 1. The fourth-order valence-electron chi connectivity index (χ4n) is 1.52. The van der Waals surface area contributed by atoms with E-state index in [0.717, 1.165) is 0 Å². The first kappa shape index (κ1) is 19.7. The van der Waals surface area contributed by atoms with Gasteiger partial charge in [-0.05, 0) is 5.92 Å². The van der Waals surface area contributed by atoms with Crippen LogP contribution in [-0.2, 0) is 14.3 Å². The molecule has 0 aromatic rings. The summed E-state index contributed by atoms with van der Waals surface area (Å²) in [6.45, 7) is 4.34. The molecule has 0 rings (SSSR count). The van der Waals surface area contributed by atoms with Crippen LogP contribution < -0.4 is 17.0 Å². The van der Waals surface area contributed by atoms with Crippen LogP contribution >= 0.6 is 0 Å². The van der Waals surface area contributed by atoms with Gasteiger partial charge in [0, 0.05) is 6.42 Å². The Morgan fingerprint density at radius 1 is 1.17 bits per heavy atom. The number of quaternary nitrogens is 1. The topological polar surface area (TPSA) is 63.6 Å². The maximum absolute atomic E-state index is 11.5. The van der Waals surface area contributed by atoms with Crippen LogP contribution in [0.2, 0.25) is 0 Å². The van der Waals surface area contributed by atoms with Gasteiger partial charge in [0.25, 0.3) is 0 Å². The average molecular weight is 326 g/mol. The highest BCUT2D eigenvalue weighted by Crippen LogP contribution is 2.09. The Morgan fingerprint density at radius 2 is 1.67 bits per heavy atom. The molecule has 1 N–H and O–H groups in total. The van der Waals surface area contributed by atoms with Crippen LogP contribution in [0.4, 0.5) is 0 Å². The minimum Gasteiger partial charge on any atom is -1.00 e. The molecule has 5 nitrogen and oxygen atoms in total. The highest BCUT2D eigenvalue weighted by atomic mass is 79.9. The fraction of sp³-hybridized carbons (Fsp3) is 0.833. The summed E-state index contributed by atoms with van der Waals surface area (Å²) in [5.74, 6) is -1.04. The summed E-state index contributed by atoms with van der Waals surface area (Å²) >= 11 is 0. The van der Waals surface area contributed by atoms with Crippen LogP contribution in [-0.4, -0.2) is 55.3 Å². The molecule has 0 saturated heterocycles. The normalized spacial score (nSPS) is 12.8. The van der Waals surface area contributed by atoms with E-state index in [1.807, 2.05) is 35.0 Å². The van der Waals surface area contributed by atoms with Gasteiger partial charge in [-0.3, -0.25) is 9.59 Å². The third kappa shape index (κ3) is 11.9. The quantitative estimate of drug-likeness (QED) is 0.440. The number of carbonyl (C=O) groups is 2. The van der Waals surface area contributed by atoms with E-state index in [1.54, 1.807) is 0 Å². The van der Waals surface area contributed by atoms with Crippen molar-refractivity contribution in [3.05, 3.63) is 0 Å². The summed E-state index contributed by atoms with van der Waals surface area (Å²) in [6, 6.07) is 0. The molecule has 0 aliphatic rings. The van der Waals surface area contributed by atoms with Crippen LogP contribution in [0.5, 0.6) is 0 Å². The SMILES string of the molecule is CC(C)CC(=O)OC(CC(=O)O)C[N+](C)(C)C.[Br-]. The molecular weight excluding hydrogens is 302 g/mol.